The van der Waals surface area contributed by atoms with Gasteiger partial charge in [-0.1, -0.05) is 44.9 Å². The number of allylic oxidation sites excluding steroid dienone is 4. The fourth-order valence-corrected chi connectivity index (χ4v) is 3.38. The van der Waals surface area contributed by atoms with Crippen molar-refractivity contribution in [2.75, 3.05) is 0 Å². The zero-order valence-corrected chi connectivity index (χ0v) is 15.0. The molecule has 0 saturated heterocycles. The lowest BCUT2D eigenvalue weighted by atomic mass is 9.99. The molecule has 0 aromatic heterocycles. The molecule has 3 rings (SSSR count). The maximum absolute atomic E-state index is 4.96. The van der Waals surface area contributed by atoms with E-state index < -0.39 is 0 Å². The maximum Gasteiger partial charge on any atom is 0.0686 e. The van der Waals surface area contributed by atoms with Crippen LogP contribution in [0.1, 0.15) is 63.5 Å². The van der Waals surface area contributed by atoms with Crippen LogP contribution in [0.5, 0.6) is 0 Å². The summed E-state index contributed by atoms with van der Waals surface area (Å²) in [5.74, 6) is 0. The molecule has 0 heterocycles. The van der Waals surface area contributed by atoms with Gasteiger partial charge in [0.1, 0.15) is 0 Å². The van der Waals surface area contributed by atoms with Gasteiger partial charge in [-0.15, -0.1) is 0 Å². The molecule has 2 nitrogen and oxygen atoms in total. The van der Waals surface area contributed by atoms with E-state index in [9.17, 15) is 0 Å². The van der Waals surface area contributed by atoms with Gasteiger partial charge in [0.15, 0.2) is 0 Å². The second-order valence-electron chi connectivity index (χ2n) is 6.70. The van der Waals surface area contributed by atoms with Crippen LogP contribution in [0, 0.1) is 0 Å². The summed E-state index contributed by atoms with van der Waals surface area (Å²) >= 11 is 0. The van der Waals surface area contributed by atoms with Crippen LogP contribution < -0.4 is 0 Å². The number of hydrogen-bond donors (Lipinski definition) is 0. The number of benzene rings is 1. The third-order valence-electron chi connectivity index (χ3n) is 4.60. The molecule has 126 valence electrons. The minimum absolute atomic E-state index is 1.06. The summed E-state index contributed by atoms with van der Waals surface area (Å²) in [6.07, 6.45) is 17.6. The third-order valence-corrected chi connectivity index (χ3v) is 4.60. The van der Waals surface area contributed by atoms with Crippen molar-refractivity contribution in [1.82, 2.24) is 0 Å². The Labute approximate surface area is 146 Å². The van der Waals surface area contributed by atoms with Crippen LogP contribution in [0.15, 0.2) is 46.4 Å². The quantitative estimate of drug-likeness (QED) is 0.576. The van der Waals surface area contributed by atoms with Crippen LogP contribution in [0.2, 0.25) is 0 Å². The average Bonchev–Trinajstić information content (AvgIpc) is 3.25. The van der Waals surface area contributed by atoms with Crippen LogP contribution >= 0.6 is 0 Å². The van der Waals surface area contributed by atoms with Crippen LogP contribution in [-0.4, -0.2) is 11.4 Å². The Hall–Kier alpha value is -1.96. The Balaban J connectivity index is 2.04. The van der Waals surface area contributed by atoms with E-state index in [4.69, 9.17) is 9.98 Å². The highest BCUT2D eigenvalue weighted by atomic mass is 14.8. The molecule has 2 heteroatoms. The minimum Gasteiger partial charge on any atom is -0.253 e. The van der Waals surface area contributed by atoms with E-state index in [0.717, 1.165) is 62.7 Å². The summed E-state index contributed by atoms with van der Waals surface area (Å²) in [5, 5.41) is 0. The Morgan fingerprint density at radius 3 is 1.62 bits per heavy atom. The Bertz CT molecular complexity index is 648. The molecule has 24 heavy (non-hydrogen) atoms. The molecular weight excluding hydrogens is 292 g/mol. The smallest absolute Gasteiger partial charge is 0.0686 e. The van der Waals surface area contributed by atoms with Gasteiger partial charge in [0.05, 0.1) is 11.4 Å². The second kappa shape index (κ2) is 8.23. The van der Waals surface area contributed by atoms with E-state index in [0.29, 0.717) is 0 Å². The van der Waals surface area contributed by atoms with Gasteiger partial charge < -0.3 is 0 Å². The van der Waals surface area contributed by atoms with E-state index in [1.165, 1.54) is 22.6 Å². The monoisotopic (exact) mass is 320 g/mol. The summed E-state index contributed by atoms with van der Waals surface area (Å²) in [7, 11) is 0. The summed E-state index contributed by atoms with van der Waals surface area (Å²) in [6, 6.07) is 4.59. The van der Waals surface area contributed by atoms with Gasteiger partial charge in [-0.2, -0.15) is 0 Å². The largest absolute Gasteiger partial charge is 0.253 e. The summed E-state index contributed by atoms with van der Waals surface area (Å²) in [6.45, 7) is 4.48. The van der Waals surface area contributed by atoms with E-state index in [-0.39, 0.29) is 0 Å². The zero-order valence-electron chi connectivity index (χ0n) is 15.0. The molecule has 0 N–H and O–H groups in total. The molecule has 0 radical (unpaired) electrons. The summed E-state index contributed by atoms with van der Waals surface area (Å²) < 4.78 is 0. The highest BCUT2D eigenvalue weighted by Gasteiger charge is 2.12. The van der Waals surface area contributed by atoms with Crippen molar-refractivity contribution in [1.29, 1.82) is 0 Å². The molecule has 0 unspecified atom stereocenters. The van der Waals surface area contributed by atoms with E-state index in [2.05, 4.69) is 50.3 Å². The lowest BCUT2D eigenvalue weighted by Crippen LogP contribution is -1.95. The number of aliphatic imine (C=N–C) groups is 2. The van der Waals surface area contributed by atoms with Crippen molar-refractivity contribution < 1.29 is 0 Å². The van der Waals surface area contributed by atoms with Gasteiger partial charge in [0.2, 0.25) is 0 Å². The standard InChI is InChI=1S/C22H28N2/c1-3-9-17-15-18(10-4-2)22(24-20-13-7-8-14-20)16-21(17)23-19-11-5-6-12-19/h5,7,11,13,15-16H,3-4,6,8-10,12,14H2,1-2H3/b23-19-,24-20+. The zero-order chi connectivity index (χ0) is 16.8. The molecule has 0 bridgehead atoms. The number of rotatable bonds is 6. The van der Waals surface area contributed by atoms with Crippen LogP contribution in [-0.2, 0) is 12.8 Å². The highest BCUT2D eigenvalue weighted by molar-refractivity contribution is 6.00. The first kappa shape index (κ1) is 16.9. The Kier molecular flexibility index (Phi) is 5.79. The first-order valence-electron chi connectivity index (χ1n) is 9.44. The predicted octanol–water partition coefficient (Wildman–Crippen LogP) is 6.44. The third kappa shape index (κ3) is 4.11. The molecule has 2 aliphatic rings. The van der Waals surface area contributed by atoms with Crippen molar-refractivity contribution in [2.24, 2.45) is 9.98 Å². The lowest BCUT2D eigenvalue weighted by Gasteiger charge is -2.12. The van der Waals surface area contributed by atoms with Gasteiger partial charge in [0.25, 0.3) is 0 Å². The minimum atomic E-state index is 1.06. The molecule has 0 aliphatic heterocycles. The number of hydrogen-bond acceptors (Lipinski definition) is 2. The molecule has 0 fully saturated rings. The molecule has 1 aromatic rings. The fourth-order valence-electron chi connectivity index (χ4n) is 3.38. The van der Waals surface area contributed by atoms with Crippen molar-refractivity contribution in [3.8, 4) is 0 Å². The number of nitrogens with zero attached hydrogens (tertiary/aromatic N) is 2. The van der Waals surface area contributed by atoms with Crippen molar-refractivity contribution in [3.05, 3.63) is 47.6 Å². The van der Waals surface area contributed by atoms with Crippen molar-refractivity contribution in [3.63, 3.8) is 0 Å². The number of aryl methyl sites for hydroxylation is 2. The van der Waals surface area contributed by atoms with Crippen molar-refractivity contribution in [2.45, 2.75) is 65.2 Å². The lowest BCUT2D eigenvalue weighted by molar-refractivity contribution is 0.895. The fraction of sp³-hybridized carbons (Fsp3) is 0.455. The molecule has 0 amide bonds. The highest BCUT2D eigenvalue weighted by Crippen LogP contribution is 2.33. The topological polar surface area (TPSA) is 24.7 Å². The van der Waals surface area contributed by atoms with Gasteiger partial charge in [-0.3, -0.25) is 9.98 Å². The SMILES string of the molecule is CCCc1cc(CCC)c(/N=C2/C=CCC2)cc1/N=C1\C=CCC1. The molecule has 1 aromatic carbocycles. The van der Waals surface area contributed by atoms with Gasteiger partial charge in [-0.05, 0) is 67.9 Å². The van der Waals surface area contributed by atoms with E-state index in [1.54, 1.807) is 0 Å². The predicted molar refractivity (Wildman–Crippen MR) is 105 cm³/mol. The van der Waals surface area contributed by atoms with Crippen LogP contribution in [0.4, 0.5) is 11.4 Å². The van der Waals surface area contributed by atoms with Gasteiger partial charge >= 0.3 is 0 Å². The normalized spacial score (nSPS) is 19.9. The van der Waals surface area contributed by atoms with Gasteiger partial charge in [0, 0.05) is 11.4 Å². The first-order valence-corrected chi connectivity index (χ1v) is 9.44. The second-order valence-corrected chi connectivity index (χ2v) is 6.70. The van der Waals surface area contributed by atoms with E-state index in [1.807, 2.05) is 0 Å². The molecular formula is C22H28N2. The van der Waals surface area contributed by atoms with Crippen LogP contribution in [0.3, 0.4) is 0 Å². The average molecular weight is 320 g/mol. The summed E-state index contributed by atoms with van der Waals surface area (Å²) in [4.78, 5) is 9.91. The van der Waals surface area contributed by atoms with Crippen LogP contribution in [0.25, 0.3) is 0 Å². The Morgan fingerprint density at radius 1 is 0.750 bits per heavy atom. The molecule has 0 spiro atoms. The maximum atomic E-state index is 4.96. The molecule has 0 saturated carbocycles. The van der Waals surface area contributed by atoms with Gasteiger partial charge in [-0.25, -0.2) is 0 Å². The summed E-state index contributed by atoms with van der Waals surface area (Å²) in [5.41, 5.74) is 7.41. The molecule has 0 atom stereocenters. The Morgan fingerprint density at radius 2 is 1.25 bits per heavy atom. The van der Waals surface area contributed by atoms with Crippen molar-refractivity contribution >= 4 is 22.8 Å². The first-order chi connectivity index (χ1) is 11.8. The molecule has 2 aliphatic carbocycles. The van der Waals surface area contributed by atoms with E-state index >= 15 is 0 Å².